The third kappa shape index (κ3) is 4.49. The smallest absolute Gasteiger partial charge is 0.232 e. The second kappa shape index (κ2) is 7.99. The van der Waals surface area contributed by atoms with Crippen LogP contribution >= 0.6 is 22.9 Å². The lowest BCUT2D eigenvalue weighted by molar-refractivity contribution is 0.459. The van der Waals surface area contributed by atoms with Gasteiger partial charge in [0.1, 0.15) is 0 Å². The van der Waals surface area contributed by atoms with Gasteiger partial charge in [-0.05, 0) is 36.2 Å². The third-order valence-electron chi connectivity index (χ3n) is 3.72. The van der Waals surface area contributed by atoms with Crippen LogP contribution in [0.15, 0.2) is 42.5 Å². The quantitative estimate of drug-likeness (QED) is 0.577. The minimum absolute atomic E-state index is 0.172. The number of hydrogen-bond donors (Lipinski definition) is 3. The van der Waals surface area contributed by atoms with Crippen LogP contribution in [0.2, 0.25) is 5.02 Å². The molecule has 0 fully saturated rings. The van der Waals surface area contributed by atoms with Gasteiger partial charge < -0.3 is 16.2 Å². The van der Waals surface area contributed by atoms with Crippen LogP contribution in [0.25, 0.3) is 10.4 Å². The summed E-state index contributed by atoms with van der Waals surface area (Å²) in [5, 5.41) is 14.2. The van der Waals surface area contributed by atoms with E-state index in [9.17, 15) is 13.9 Å². The summed E-state index contributed by atoms with van der Waals surface area (Å²) in [6, 6.07) is 10.7. The van der Waals surface area contributed by atoms with Gasteiger partial charge in [0.2, 0.25) is 5.88 Å². The fraction of sp³-hybridized carbons (Fsp3) is 0.167. The number of halogens is 3. The zero-order chi connectivity index (χ0) is 18.7. The largest absolute Gasteiger partial charge is 0.492 e. The second-order valence-electron chi connectivity index (χ2n) is 5.77. The number of nitrogens with zero attached hydrogens (tertiary/aromatic N) is 1. The number of benzene rings is 2. The standard InChI is InChI=1S/C18H16ClF2N3OS/c19-12-4-1-10(2-5-12)7-13(22)9-23-18-24-17(25)16(26-18)11-3-6-14(20)15(21)8-11/h1-6,8,13,25H,7,9,22H2,(H,23,24). The summed E-state index contributed by atoms with van der Waals surface area (Å²) in [5.41, 5.74) is 7.53. The van der Waals surface area contributed by atoms with Gasteiger partial charge in [0, 0.05) is 23.2 Å². The first-order chi connectivity index (χ1) is 12.4. The van der Waals surface area contributed by atoms with E-state index in [1.165, 1.54) is 6.07 Å². The van der Waals surface area contributed by atoms with Crippen molar-refractivity contribution < 1.29 is 13.9 Å². The van der Waals surface area contributed by atoms with E-state index in [2.05, 4.69) is 10.3 Å². The van der Waals surface area contributed by atoms with Gasteiger partial charge in [0.25, 0.3) is 0 Å². The molecule has 1 aromatic heterocycles. The zero-order valence-electron chi connectivity index (χ0n) is 13.5. The SMILES string of the molecule is NC(CNc1nc(O)c(-c2ccc(F)c(F)c2)s1)Cc1ccc(Cl)cc1. The molecule has 0 bridgehead atoms. The molecule has 8 heteroatoms. The number of nitrogens with two attached hydrogens (primary N) is 1. The molecule has 0 saturated carbocycles. The van der Waals surface area contributed by atoms with E-state index in [4.69, 9.17) is 17.3 Å². The monoisotopic (exact) mass is 395 g/mol. The Morgan fingerprint density at radius 2 is 1.88 bits per heavy atom. The van der Waals surface area contributed by atoms with Gasteiger partial charge >= 0.3 is 0 Å². The van der Waals surface area contributed by atoms with Gasteiger partial charge in [-0.15, -0.1) is 0 Å². The molecule has 1 atom stereocenters. The summed E-state index contributed by atoms with van der Waals surface area (Å²) >= 11 is 7.00. The second-order valence-corrected chi connectivity index (χ2v) is 7.21. The molecule has 136 valence electrons. The minimum Gasteiger partial charge on any atom is -0.492 e. The normalized spacial score (nSPS) is 12.2. The fourth-order valence-corrected chi connectivity index (χ4v) is 3.42. The Hall–Kier alpha value is -2.22. The van der Waals surface area contributed by atoms with Crippen molar-refractivity contribution in [3.8, 4) is 16.3 Å². The van der Waals surface area contributed by atoms with E-state index in [1.807, 2.05) is 24.3 Å². The predicted molar refractivity (Wildman–Crippen MR) is 101 cm³/mol. The average Bonchev–Trinajstić information content (AvgIpc) is 2.98. The molecule has 26 heavy (non-hydrogen) atoms. The number of aromatic hydroxyl groups is 1. The number of hydrogen-bond acceptors (Lipinski definition) is 5. The molecule has 3 aromatic rings. The van der Waals surface area contributed by atoms with Crippen LogP contribution in [0.3, 0.4) is 0 Å². The lowest BCUT2D eigenvalue weighted by atomic mass is 10.1. The van der Waals surface area contributed by atoms with Crippen LogP contribution in [0, 0.1) is 11.6 Å². The lowest BCUT2D eigenvalue weighted by Crippen LogP contribution is -2.31. The molecule has 4 N–H and O–H groups in total. The number of nitrogens with one attached hydrogen (secondary N) is 1. The van der Waals surface area contributed by atoms with Crippen molar-refractivity contribution in [1.82, 2.24) is 4.98 Å². The first-order valence-electron chi connectivity index (χ1n) is 7.81. The van der Waals surface area contributed by atoms with Crippen molar-refractivity contribution in [2.24, 2.45) is 5.73 Å². The van der Waals surface area contributed by atoms with Crippen molar-refractivity contribution >= 4 is 28.1 Å². The highest BCUT2D eigenvalue weighted by Gasteiger charge is 2.15. The number of thiazole rings is 1. The Bertz CT molecular complexity index is 902. The maximum absolute atomic E-state index is 13.4. The van der Waals surface area contributed by atoms with E-state index in [0.717, 1.165) is 29.0 Å². The van der Waals surface area contributed by atoms with Crippen LogP contribution < -0.4 is 11.1 Å². The van der Waals surface area contributed by atoms with E-state index in [0.29, 0.717) is 33.6 Å². The van der Waals surface area contributed by atoms with Crippen molar-refractivity contribution in [1.29, 1.82) is 0 Å². The molecule has 1 unspecified atom stereocenters. The van der Waals surface area contributed by atoms with Gasteiger partial charge in [0.05, 0.1) is 4.88 Å². The summed E-state index contributed by atoms with van der Waals surface area (Å²) in [5.74, 6) is -2.16. The lowest BCUT2D eigenvalue weighted by Gasteiger charge is -2.12. The molecule has 0 aliphatic heterocycles. The molecule has 4 nitrogen and oxygen atoms in total. The number of aromatic nitrogens is 1. The van der Waals surface area contributed by atoms with Crippen LogP contribution in [0.1, 0.15) is 5.56 Å². The topological polar surface area (TPSA) is 71.2 Å². The number of anilines is 1. The zero-order valence-corrected chi connectivity index (χ0v) is 15.1. The highest BCUT2D eigenvalue weighted by molar-refractivity contribution is 7.19. The van der Waals surface area contributed by atoms with Crippen LogP contribution in [-0.2, 0) is 6.42 Å². The van der Waals surface area contributed by atoms with Crippen molar-refractivity contribution in [3.05, 3.63) is 64.7 Å². The van der Waals surface area contributed by atoms with Gasteiger partial charge in [-0.25, -0.2) is 8.78 Å². The van der Waals surface area contributed by atoms with Gasteiger partial charge in [-0.2, -0.15) is 4.98 Å². The molecule has 0 spiro atoms. The Kier molecular flexibility index (Phi) is 5.70. The van der Waals surface area contributed by atoms with Crippen LogP contribution in [-0.4, -0.2) is 22.7 Å². The summed E-state index contributed by atoms with van der Waals surface area (Å²) in [6.45, 7) is 0.437. The summed E-state index contributed by atoms with van der Waals surface area (Å²) in [4.78, 5) is 4.36. The molecule has 0 aliphatic rings. The Morgan fingerprint density at radius 3 is 2.58 bits per heavy atom. The van der Waals surface area contributed by atoms with E-state index < -0.39 is 11.6 Å². The first kappa shape index (κ1) is 18.6. The first-order valence-corrected chi connectivity index (χ1v) is 9.01. The van der Waals surface area contributed by atoms with Crippen molar-refractivity contribution in [2.45, 2.75) is 12.5 Å². The number of rotatable bonds is 6. The van der Waals surface area contributed by atoms with Crippen molar-refractivity contribution in [3.63, 3.8) is 0 Å². The molecular weight excluding hydrogens is 380 g/mol. The molecule has 0 radical (unpaired) electrons. The highest BCUT2D eigenvalue weighted by Crippen LogP contribution is 2.37. The fourth-order valence-electron chi connectivity index (χ4n) is 2.43. The Balaban J connectivity index is 1.63. The molecule has 3 rings (SSSR count). The molecule has 2 aromatic carbocycles. The maximum atomic E-state index is 13.4. The Labute approximate surface area is 158 Å². The van der Waals surface area contributed by atoms with Gasteiger partial charge in [-0.3, -0.25) is 0 Å². The summed E-state index contributed by atoms with van der Waals surface area (Å²) < 4.78 is 26.4. The van der Waals surface area contributed by atoms with Crippen LogP contribution in [0.4, 0.5) is 13.9 Å². The van der Waals surface area contributed by atoms with E-state index in [1.54, 1.807) is 0 Å². The molecular formula is C18H16ClF2N3OS. The maximum Gasteiger partial charge on any atom is 0.232 e. The summed E-state index contributed by atoms with van der Waals surface area (Å²) in [7, 11) is 0. The molecule has 1 heterocycles. The predicted octanol–water partition coefficient (Wildman–Crippen LogP) is 4.43. The minimum atomic E-state index is -0.977. The molecule has 0 saturated heterocycles. The molecule has 0 amide bonds. The molecule has 0 aliphatic carbocycles. The summed E-state index contributed by atoms with van der Waals surface area (Å²) in [6.07, 6.45) is 0.650. The third-order valence-corrected chi connectivity index (χ3v) is 5.02. The van der Waals surface area contributed by atoms with E-state index in [-0.39, 0.29) is 11.9 Å². The van der Waals surface area contributed by atoms with E-state index >= 15 is 0 Å². The van der Waals surface area contributed by atoms with Crippen LogP contribution in [0.5, 0.6) is 5.88 Å². The van der Waals surface area contributed by atoms with Gasteiger partial charge in [-0.1, -0.05) is 41.1 Å². The average molecular weight is 396 g/mol. The Morgan fingerprint density at radius 1 is 1.15 bits per heavy atom. The van der Waals surface area contributed by atoms with Gasteiger partial charge in [0.15, 0.2) is 16.8 Å². The highest BCUT2D eigenvalue weighted by atomic mass is 35.5. The van der Waals surface area contributed by atoms with Crippen molar-refractivity contribution in [2.75, 3.05) is 11.9 Å².